The Hall–Kier alpha value is -0.810. The topological polar surface area (TPSA) is 168 Å². The Morgan fingerprint density at radius 1 is 1.39 bits per heavy atom. The molecule has 0 bridgehead atoms. The Morgan fingerprint density at radius 3 is 2.39 bits per heavy atom. The summed E-state index contributed by atoms with van der Waals surface area (Å²) in [5.74, 6) is -4.58. The summed E-state index contributed by atoms with van der Waals surface area (Å²) in [4.78, 5) is 10.8. The second-order valence-electron chi connectivity index (χ2n) is 4.17. The summed E-state index contributed by atoms with van der Waals surface area (Å²) in [6.07, 6.45) is -9.50. The third kappa shape index (κ3) is 2.78. The smallest absolute Gasteiger partial charge is 0.364 e. The van der Waals surface area contributed by atoms with E-state index in [1.165, 1.54) is 0 Å². The molecule has 6 atom stereocenters. The molecule has 0 aromatic carbocycles. The Bertz CT molecular complexity index is 308. The van der Waals surface area contributed by atoms with Gasteiger partial charge in [-0.1, -0.05) is 0 Å². The number of aliphatic carboxylic acids is 1. The molecule has 106 valence electrons. The number of hydrogen-bond acceptors (Lipinski definition) is 8. The molecule has 0 amide bonds. The lowest BCUT2D eigenvalue weighted by Crippen LogP contribution is -2.63. The standard InChI is InChI=1S/C9H16O9/c10-2-4(12)6(14)7-5(13)3(11)1-9(17,18-7)8(15)16/h3-7,10-14,17H,1-2H2,(H,15,16)/t3-,4?,5+,6?,7+,9?/m0/s1. The molecule has 0 radical (unpaired) electrons. The molecule has 7 N–H and O–H groups in total. The van der Waals surface area contributed by atoms with Gasteiger partial charge >= 0.3 is 5.97 Å². The van der Waals surface area contributed by atoms with Gasteiger partial charge in [0.1, 0.15) is 24.4 Å². The van der Waals surface area contributed by atoms with E-state index in [0.29, 0.717) is 0 Å². The van der Waals surface area contributed by atoms with Gasteiger partial charge in [0.15, 0.2) is 0 Å². The van der Waals surface area contributed by atoms with E-state index in [2.05, 4.69) is 4.74 Å². The minimum absolute atomic E-state index is 0.790. The average Bonchev–Trinajstić information content (AvgIpc) is 2.31. The van der Waals surface area contributed by atoms with Crippen molar-refractivity contribution >= 4 is 5.97 Å². The zero-order chi connectivity index (χ0) is 14.1. The Kier molecular flexibility index (Phi) is 4.61. The minimum Gasteiger partial charge on any atom is -0.477 e. The lowest BCUT2D eigenvalue weighted by atomic mass is 9.91. The van der Waals surface area contributed by atoms with E-state index >= 15 is 0 Å². The van der Waals surface area contributed by atoms with Crippen molar-refractivity contribution in [2.45, 2.75) is 42.7 Å². The number of ether oxygens (including phenoxy) is 1. The Balaban J connectivity index is 2.92. The maximum Gasteiger partial charge on any atom is 0.364 e. The molecule has 1 aliphatic heterocycles. The maximum absolute atomic E-state index is 10.8. The van der Waals surface area contributed by atoms with Crippen molar-refractivity contribution in [2.24, 2.45) is 0 Å². The van der Waals surface area contributed by atoms with Gasteiger partial charge in [-0.3, -0.25) is 0 Å². The van der Waals surface area contributed by atoms with E-state index in [1.54, 1.807) is 0 Å². The predicted octanol–water partition coefficient (Wildman–Crippen LogP) is -4.02. The molecule has 0 aliphatic carbocycles. The van der Waals surface area contributed by atoms with Crippen LogP contribution in [-0.2, 0) is 9.53 Å². The SMILES string of the molecule is O=C(O)C1(O)C[C@H](O)[C@@H](O)[C@H](C(O)C(O)CO)O1. The highest BCUT2D eigenvalue weighted by Gasteiger charge is 2.53. The van der Waals surface area contributed by atoms with Gasteiger partial charge in [-0.05, 0) is 0 Å². The third-order valence-electron chi connectivity index (χ3n) is 2.80. The Labute approximate surface area is 101 Å². The van der Waals surface area contributed by atoms with Gasteiger partial charge in [-0.25, -0.2) is 4.79 Å². The first-order valence-electron chi connectivity index (χ1n) is 5.19. The molecule has 1 heterocycles. The summed E-state index contributed by atoms with van der Waals surface area (Å²) >= 11 is 0. The molecule has 1 aliphatic rings. The van der Waals surface area contributed by atoms with Gasteiger partial charge in [0.25, 0.3) is 5.79 Å². The molecule has 9 heteroatoms. The monoisotopic (exact) mass is 268 g/mol. The molecular weight excluding hydrogens is 252 g/mol. The van der Waals surface area contributed by atoms with E-state index in [4.69, 9.17) is 10.2 Å². The summed E-state index contributed by atoms with van der Waals surface area (Å²) in [5.41, 5.74) is 0. The van der Waals surface area contributed by atoms with Crippen LogP contribution < -0.4 is 0 Å². The van der Waals surface area contributed by atoms with Crippen LogP contribution in [0.4, 0.5) is 0 Å². The summed E-state index contributed by atoms with van der Waals surface area (Å²) in [5, 5.41) is 64.6. The fourth-order valence-corrected chi connectivity index (χ4v) is 1.70. The average molecular weight is 268 g/mol. The lowest BCUT2D eigenvalue weighted by molar-refractivity contribution is -0.312. The van der Waals surface area contributed by atoms with Gasteiger partial charge < -0.3 is 40.5 Å². The molecule has 0 aromatic rings. The van der Waals surface area contributed by atoms with E-state index in [9.17, 15) is 30.3 Å². The first-order valence-corrected chi connectivity index (χ1v) is 5.19. The number of carboxylic acid groups (broad SMARTS) is 1. The maximum atomic E-state index is 10.8. The third-order valence-corrected chi connectivity index (χ3v) is 2.80. The minimum atomic E-state index is -2.78. The van der Waals surface area contributed by atoms with Gasteiger partial charge in [-0.2, -0.15) is 0 Å². The Morgan fingerprint density at radius 2 is 1.94 bits per heavy atom. The number of carbonyl (C=O) groups is 1. The fourth-order valence-electron chi connectivity index (χ4n) is 1.70. The number of aliphatic hydroxyl groups excluding tert-OH is 5. The second kappa shape index (κ2) is 5.45. The van der Waals surface area contributed by atoms with Crippen LogP contribution in [0, 0.1) is 0 Å². The zero-order valence-electron chi connectivity index (χ0n) is 9.25. The van der Waals surface area contributed by atoms with Crippen LogP contribution in [-0.4, -0.2) is 84.6 Å². The molecule has 3 unspecified atom stereocenters. The van der Waals surface area contributed by atoms with E-state index in [0.717, 1.165) is 0 Å². The number of rotatable bonds is 4. The van der Waals surface area contributed by atoms with Crippen molar-refractivity contribution in [2.75, 3.05) is 6.61 Å². The molecule has 0 aromatic heterocycles. The largest absolute Gasteiger partial charge is 0.477 e. The van der Waals surface area contributed by atoms with Crippen LogP contribution in [0.15, 0.2) is 0 Å². The highest BCUT2D eigenvalue weighted by molar-refractivity contribution is 5.75. The molecule has 0 spiro atoms. The number of aliphatic hydroxyl groups is 6. The normalized spacial score (nSPS) is 40.2. The van der Waals surface area contributed by atoms with Crippen molar-refractivity contribution in [1.29, 1.82) is 0 Å². The van der Waals surface area contributed by atoms with Crippen LogP contribution in [0.2, 0.25) is 0 Å². The van der Waals surface area contributed by atoms with E-state index in [-0.39, 0.29) is 0 Å². The van der Waals surface area contributed by atoms with Crippen molar-refractivity contribution in [1.82, 2.24) is 0 Å². The highest BCUT2D eigenvalue weighted by Crippen LogP contribution is 2.30. The molecule has 1 saturated heterocycles. The van der Waals surface area contributed by atoms with Crippen LogP contribution in [0.1, 0.15) is 6.42 Å². The summed E-state index contributed by atoms with van der Waals surface area (Å²) in [7, 11) is 0. The van der Waals surface area contributed by atoms with Crippen LogP contribution in [0.3, 0.4) is 0 Å². The number of hydrogen-bond donors (Lipinski definition) is 7. The summed E-state index contributed by atoms with van der Waals surface area (Å²) < 4.78 is 4.63. The molecule has 1 rings (SSSR count). The van der Waals surface area contributed by atoms with Crippen LogP contribution in [0.5, 0.6) is 0 Å². The molecule has 18 heavy (non-hydrogen) atoms. The van der Waals surface area contributed by atoms with E-state index in [1.807, 2.05) is 0 Å². The van der Waals surface area contributed by atoms with Gasteiger partial charge in [0.2, 0.25) is 0 Å². The zero-order valence-corrected chi connectivity index (χ0v) is 9.25. The van der Waals surface area contributed by atoms with E-state index < -0.39 is 55.3 Å². The van der Waals surface area contributed by atoms with Crippen molar-refractivity contribution < 1.29 is 45.3 Å². The second-order valence-corrected chi connectivity index (χ2v) is 4.17. The first kappa shape index (κ1) is 15.2. The summed E-state index contributed by atoms with van der Waals surface area (Å²) in [6, 6.07) is 0. The number of carboxylic acids is 1. The molecular formula is C9H16O9. The lowest BCUT2D eigenvalue weighted by Gasteiger charge is -2.42. The van der Waals surface area contributed by atoms with Gasteiger partial charge in [0.05, 0.1) is 12.7 Å². The van der Waals surface area contributed by atoms with Crippen LogP contribution >= 0.6 is 0 Å². The van der Waals surface area contributed by atoms with Crippen molar-refractivity contribution in [3.05, 3.63) is 0 Å². The molecule has 0 saturated carbocycles. The summed E-state index contributed by atoms with van der Waals surface area (Å²) in [6.45, 7) is -0.866. The van der Waals surface area contributed by atoms with Crippen molar-refractivity contribution in [3.63, 3.8) is 0 Å². The predicted molar refractivity (Wildman–Crippen MR) is 53.2 cm³/mol. The highest BCUT2D eigenvalue weighted by atomic mass is 16.7. The molecule has 9 nitrogen and oxygen atoms in total. The quantitative estimate of drug-likeness (QED) is 0.268. The molecule has 1 fully saturated rings. The van der Waals surface area contributed by atoms with Crippen LogP contribution in [0.25, 0.3) is 0 Å². The van der Waals surface area contributed by atoms with Gasteiger partial charge in [-0.15, -0.1) is 0 Å². The van der Waals surface area contributed by atoms with Gasteiger partial charge in [0, 0.05) is 6.42 Å². The first-order chi connectivity index (χ1) is 8.23. The van der Waals surface area contributed by atoms with Crippen molar-refractivity contribution in [3.8, 4) is 0 Å². The fraction of sp³-hybridized carbons (Fsp3) is 0.889.